The molecule has 0 aliphatic carbocycles. The SMILES string of the molecule is CN(CC(=O)N1CCOCC1)C(=O)CN1C(=O)NC(Cc2ccccc2)(c2ccccc2)C1=O. The molecule has 0 spiro atoms. The largest absolute Gasteiger partial charge is 0.378 e. The van der Waals surface area contributed by atoms with Gasteiger partial charge < -0.3 is 19.9 Å². The van der Waals surface area contributed by atoms with Crippen molar-refractivity contribution in [3.05, 3.63) is 71.8 Å². The summed E-state index contributed by atoms with van der Waals surface area (Å²) in [4.78, 5) is 55.8. The number of likely N-dealkylation sites (N-methyl/N-ethyl adjacent to an activating group) is 1. The first kappa shape index (κ1) is 23.4. The van der Waals surface area contributed by atoms with E-state index in [0.717, 1.165) is 10.5 Å². The van der Waals surface area contributed by atoms with Crippen LogP contribution in [0.4, 0.5) is 4.79 Å². The zero-order valence-corrected chi connectivity index (χ0v) is 19.1. The maximum Gasteiger partial charge on any atom is 0.325 e. The molecule has 2 aliphatic rings. The summed E-state index contributed by atoms with van der Waals surface area (Å²) < 4.78 is 5.25. The number of amides is 5. The Labute approximate surface area is 198 Å². The number of rotatable bonds is 7. The van der Waals surface area contributed by atoms with Crippen molar-refractivity contribution in [2.75, 3.05) is 46.4 Å². The highest BCUT2D eigenvalue weighted by Gasteiger charge is 2.52. The fourth-order valence-electron chi connectivity index (χ4n) is 4.27. The molecule has 2 heterocycles. The fourth-order valence-corrected chi connectivity index (χ4v) is 4.27. The van der Waals surface area contributed by atoms with Crippen molar-refractivity contribution in [3.8, 4) is 0 Å². The summed E-state index contributed by atoms with van der Waals surface area (Å²) in [6.07, 6.45) is 0.248. The van der Waals surface area contributed by atoms with E-state index in [1.54, 1.807) is 29.2 Å². The molecule has 178 valence electrons. The van der Waals surface area contributed by atoms with E-state index in [1.165, 1.54) is 11.9 Å². The van der Waals surface area contributed by atoms with Crippen LogP contribution in [-0.2, 0) is 31.1 Å². The van der Waals surface area contributed by atoms with Gasteiger partial charge in [0.15, 0.2) is 5.54 Å². The van der Waals surface area contributed by atoms with Gasteiger partial charge in [-0.25, -0.2) is 4.79 Å². The molecule has 5 amide bonds. The highest BCUT2D eigenvalue weighted by molar-refractivity contribution is 6.09. The molecular weight excluding hydrogens is 436 g/mol. The van der Waals surface area contributed by atoms with E-state index >= 15 is 0 Å². The maximum atomic E-state index is 13.7. The Morgan fingerprint density at radius 1 is 1.00 bits per heavy atom. The number of hydrogen-bond acceptors (Lipinski definition) is 5. The van der Waals surface area contributed by atoms with Crippen molar-refractivity contribution in [1.29, 1.82) is 0 Å². The predicted octanol–water partition coefficient (Wildman–Crippen LogP) is 0.994. The number of nitrogens with one attached hydrogen (secondary N) is 1. The van der Waals surface area contributed by atoms with Crippen LogP contribution >= 0.6 is 0 Å². The van der Waals surface area contributed by atoms with E-state index in [4.69, 9.17) is 4.74 Å². The summed E-state index contributed by atoms with van der Waals surface area (Å²) in [5.41, 5.74) is 0.201. The molecule has 9 heteroatoms. The van der Waals surface area contributed by atoms with Crippen molar-refractivity contribution in [3.63, 3.8) is 0 Å². The molecule has 0 saturated carbocycles. The molecule has 1 N–H and O–H groups in total. The zero-order chi connectivity index (χ0) is 24.1. The number of carbonyl (C=O) groups excluding carboxylic acids is 4. The third-order valence-electron chi connectivity index (χ3n) is 6.21. The second kappa shape index (κ2) is 10.0. The molecule has 2 aromatic carbocycles. The van der Waals surface area contributed by atoms with Gasteiger partial charge in [-0.15, -0.1) is 0 Å². The van der Waals surface area contributed by atoms with Crippen LogP contribution < -0.4 is 5.32 Å². The van der Waals surface area contributed by atoms with Crippen LogP contribution in [0.25, 0.3) is 0 Å². The van der Waals surface area contributed by atoms with Gasteiger partial charge in [0.2, 0.25) is 11.8 Å². The highest BCUT2D eigenvalue weighted by atomic mass is 16.5. The van der Waals surface area contributed by atoms with Crippen molar-refractivity contribution in [1.82, 2.24) is 20.0 Å². The molecule has 1 atom stereocenters. The van der Waals surface area contributed by atoms with Crippen LogP contribution in [0.5, 0.6) is 0 Å². The molecule has 2 aromatic rings. The van der Waals surface area contributed by atoms with E-state index in [1.807, 2.05) is 36.4 Å². The van der Waals surface area contributed by atoms with Crippen molar-refractivity contribution >= 4 is 23.8 Å². The molecule has 0 aromatic heterocycles. The quantitative estimate of drug-likeness (QED) is 0.617. The first-order valence-corrected chi connectivity index (χ1v) is 11.2. The number of morpholine rings is 1. The minimum atomic E-state index is -1.32. The predicted molar refractivity (Wildman–Crippen MR) is 124 cm³/mol. The Hall–Kier alpha value is -3.72. The summed E-state index contributed by atoms with van der Waals surface area (Å²) in [6, 6.07) is 17.8. The summed E-state index contributed by atoms with van der Waals surface area (Å²) in [5, 5.41) is 2.85. The van der Waals surface area contributed by atoms with Gasteiger partial charge in [0.1, 0.15) is 6.54 Å². The van der Waals surface area contributed by atoms with E-state index in [9.17, 15) is 19.2 Å². The Morgan fingerprint density at radius 2 is 1.62 bits per heavy atom. The maximum absolute atomic E-state index is 13.7. The van der Waals surface area contributed by atoms with Crippen molar-refractivity contribution < 1.29 is 23.9 Å². The number of benzene rings is 2. The number of imide groups is 1. The number of ether oxygens (including phenoxy) is 1. The van der Waals surface area contributed by atoms with Gasteiger partial charge in [-0.05, 0) is 11.1 Å². The lowest BCUT2D eigenvalue weighted by molar-refractivity contribution is -0.143. The van der Waals surface area contributed by atoms with Gasteiger partial charge in [-0.3, -0.25) is 19.3 Å². The minimum absolute atomic E-state index is 0.129. The molecular formula is C25H28N4O5. The number of hydrogen-bond donors (Lipinski definition) is 1. The molecule has 0 bridgehead atoms. The van der Waals surface area contributed by atoms with Crippen LogP contribution in [0.3, 0.4) is 0 Å². The first-order valence-electron chi connectivity index (χ1n) is 11.2. The van der Waals surface area contributed by atoms with Crippen LogP contribution in [0, 0.1) is 0 Å². The molecule has 1 unspecified atom stereocenters. The molecule has 0 radical (unpaired) electrons. The van der Waals surface area contributed by atoms with Gasteiger partial charge >= 0.3 is 6.03 Å². The van der Waals surface area contributed by atoms with Gasteiger partial charge in [0, 0.05) is 26.6 Å². The normalized spacial score (nSPS) is 20.3. The number of nitrogens with zero attached hydrogens (tertiary/aromatic N) is 3. The smallest absolute Gasteiger partial charge is 0.325 e. The monoisotopic (exact) mass is 464 g/mol. The van der Waals surface area contributed by atoms with E-state index < -0.39 is 29.9 Å². The molecule has 4 rings (SSSR count). The average molecular weight is 465 g/mol. The van der Waals surface area contributed by atoms with Crippen molar-refractivity contribution in [2.24, 2.45) is 0 Å². The Morgan fingerprint density at radius 3 is 2.26 bits per heavy atom. The zero-order valence-electron chi connectivity index (χ0n) is 19.1. The highest BCUT2D eigenvalue weighted by Crippen LogP contribution is 2.33. The van der Waals surface area contributed by atoms with E-state index in [0.29, 0.717) is 31.9 Å². The van der Waals surface area contributed by atoms with Crippen molar-refractivity contribution in [2.45, 2.75) is 12.0 Å². The number of urea groups is 1. The second-order valence-corrected chi connectivity index (χ2v) is 8.50. The Kier molecular flexibility index (Phi) is 6.93. The van der Waals surface area contributed by atoms with Gasteiger partial charge in [0.25, 0.3) is 5.91 Å². The molecule has 2 aliphatic heterocycles. The lowest BCUT2D eigenvalue weighted by atomic mass is 9.83. The summed E-state index contributed by atoms with van der Waals surface area (Å²) in [5.74, 6) is -1.18. The van der Waals surface area contributed by atoms with Gasteiger partial charge in [-0.1, -0.05) is 60.7 Å². The Balaban J connectivity index is 1.50. The van der Waals surface area contributed by atoms with Crippen LogP contribution in [-0.4, -0.2) is 84.9 Å². The first-order chi connectivity index (χ1) is 16.4. The molecule has 2 fully saturated rings. The lowest BCUT2D eigenvalue weighted by Gasteiger charge is -2.29. The lowest BCUT2D eigenvalue weighted by Crippen LogP contribution is -2.49. The van der Waals surface area contributed by atoms with E-state index in [-0.39, 0.29) is 18.9 Å². The third-order valence-corrected chi connectivity index (χ3v) is 6.21. The summed E-state index contributed by atoms with van der Waals surface area (Å²) in [6.45, 7) is 1.32. The molecule has 34 heavy (non-hydrogen) atoms. The van der Waals surface area contributed by atoms with Gasteiger partial charge in [0.05, 0.1) is 19.8 Å². The third kappa shape index (κ3) is 4.79. The molecule has 9 nitrogen and oxygen atoms in total. The van der Waals surface area contributed by atoms with Crippen LogP contribution in [0.15, 0.2) is 60.7 Å². The van der Waals surface area contributed by atoms with Gasteiger partial charge in [-0.2, -0.15) is 0 Å². The van der Waals surface area contributed by atoms with Crippen LogP contribution in [0.2, 0.25) is 0 Å². The standard InChI is InChI=1S/C25H28N4O5/c1-27(17-22(31)28-12-14-34-15-13-28)21(30)18-29-23(32)25(26-24(29)33,20-10-6-3-7-11-20)16-19-8-4-2-5-9-19/h2-11H,12-18H2,1H3,(H,26,33). The summed E-state index contributed by atoms with van der Waals surface area (Å²) in [7, 11) is 1.49. The fraction of sp³-hybridized carbons (Fsp3) is 0.360. The number of carbonyl (C=O) groups is 4. The topological polar surface area (TPSA) is 99.3 Å². The summed E-state index contributed by atoms with van der Waals surface area (Å²) >= 11 is 0. The molecule has 2 saturated heterocycles. The van der Waals surface area contributed by atoms with E-state index in [2.05, 4.69) is 5.32 Å². The second-order valence-electron chi connectivity index (χ2n) is 8.50. The minimum Gasteiger partial charge on any atom is -0.378 e. The van der Waals surface area contributed by atoms with Crippen LogP contribution in [0.1, 0.15) is 11.1 Å². The Bertz CT molecular complexity index is 1060. The average Bonchev–Trinajstić information content (AvgIpc) is 3.10.